The summed E-state index contributed by atoms with van der Waals surface area (Å²) >= 11 is 0. The van der Waals surface area contributed by atoms with Crippen LogP contribution in [0.15, 0.2) is 42.5 Å². The monoisotopic (exact) mass is 436 g/mol. The average molecular weight is 437 g/mol. The minimum absolute atomic E-state index is 0.407. The maximum Gasteiger partial charge on any atom is 0.251 e. The lowest BCUT2D eigenvalue weighted by molar-refractivity contribution is 0.1000. The molecule has 0 spiro atoms. The first kappa shape index (κ1) is 23.3. The third-order valence-electron chi connectivity index (χ3n) is 5.82. The molecule has 1 heterocycles. The van der Waals surface area contributed by atoms with Crippen molar-refractivity contribution in [1.29, 1.82) is 0 Å². The van der Waals surface area contributed by atoms with Crippen molar-refractivity contribution >= 4 is 5.91 Å². The Morgan fingerprint density at radius 1 is 0.938 bits per heavy atom. The molecule has 2 N–H and O–H groups in total. The van der Waals surface area contributed by atoms with Crippen molar-refractivity contribution in [2.75, 3.05) is 21.3 Å². The van der Waals surface area contributed by atoms with E-state index in [1.807, 2.05) is 49.4 Å². The van der Waals surface area contributed by atoms with Gasteiger partial charge in [-0.05, 0) is 55.2 Å². The molecular formula is C26H32N2O4. The highest BCUT2D eigenvalue weighted by atomic mass is 16.5. The van der Waals surface area contributed by atoms with Gasteiger partial charge in [-0.1, -0.05) is 31.5 Å². The van der Waals surface area contributed by atoms with Gasteiger partial charge in [-0.25, -0.2) is 0 Å². The highest BCUT2D eigenvalue weighted by Crippen LogP contribution is 2.35. The molecule has 0 aliphatic carbocycles. The Kier molecular flexibility index (Phi) is 7.46. The van der Waals surface area contributed by atoms with E-state index in [9.17, 15) is 4.79 Å². The van der Waals surface area contributed by atoms with Crippen LogP contribution in [-0.4, -0.2) is 31.8 Å². The zero-order chi connectivity index (χ0) is 23.3. The summed E-state index contributed by atoms with van der Waals surface area (Å²) in [6, 6.07) is 13.7. The summed E-state index contributed by atoms with van der Waals surface area (Å²) in [5.74, 6) is 1.78. The van der Waals surface area contributed by atoms with Crippen molar-refractivity contribution in [2.24, 2.45) is 5.73 Å². The lowest BCUT2D eigenvalue weighted by Gasteiger charge is -2.14. The van der Waals surface area contributed by atoms with Crippen molar-refractivity contribution in [3.8, 4) is 28.4 Å². The molecule has 6 nitrogen and oxygen atoms in total. The molecule has 0 aliphatic rings. The lowest BCUT2D eigenvalue weighted by Crippen LogP contribution is -2.14. The molecule has 6 heteroatoms. The Labute approximate surface area is 189 Å². The van der Waals surface area contributed by atoms with Crippen molar-refractivity contribution in [1.82, 2.24) is 4.57 Å². The molecule has 1 aromatic heterocycles. The van der Waals surface area contributed by atoms with E-state index in [4.69, 9.17) is 19.9 Å². The smallest absolute Gasteiger partial charge is 0.251 e. The Balaban J connectivity index is 2.04. The summed E-state index contributed by atoms with van der Waals surface area (Å²) in [5, 5.41) is 0. The number of ether oxygens (including phenoxy) is 3. The van der Waals surface area contributed by atoms with E-state index in [1.165, 1.54) is 0 Å². The van der Waals surface area contributed by atoms with Crippen LogP contribution >= 0.6 is 0 Å². The van der Waals surface area contributed by atoms with E-state index in [0.29, 0.717) is 17.1 Å². The highest BCUT2D eigenvalue weighted by Gasteiger charge is 2.24. The standard InChI is InChI=1S/C26H32N2O4/c1-6-7-21-25(19-9-11-20(30-3)12-10-19)24(26(27)29)17(2)28(21)15-14-18-8-13-22(31-4)23(16-18)32-5/h8-13,16H,6-7,14-15H2,1-5H3,(H2,27,29). The average Bonchev–Trinajstić information content (AvgIpc) is 3.09. The van der Waals surface area contributed by atoms with Gasteiger partial charge in [-0.3, -0.25) is 4.79 Å². The summed E-state index contributed by atoms with van der Waals surface area (Å²) < 4.78 is 18.3. The normalized spacial score (nSPS) is 10.8. The van der Waals surface area contributed by atoms with Crippen LogP contribution in [0, 0.1) is 6.92 Å². The van der Waals surface area contributed by atoms with Gasteiger partial charge in [0.15, 0.2) is 11.5 Å². The number of benzene rings is 2. The highest BCUT2D eigenvalue weighted by molar-refractivity contribution is 6.02. The summed E-state index contributed by atoms with van der Waals surface area (Å²) in [6.07, 6.45) is 2.59. The summed E-state index contributed by atoms with van der Waals surface area (Å²) in [5.41, 5.74) is 11.5. The van der Waals surface area contributed by atoms with Crippen LogP contribution in [0.2, 0.25) is 0 Å². The molecule has 0 fully saturated rings. The van der Waals surface area contributed by atoms with Gasteiger partial charge in [0.1, 0.15) is 5.75 Å². The third-order valence-corrected chi connectivity index (χ3v) is 5.82. The minimum Gasteiger partial charge on any atom is -0.497 e. The molecule has 3 rings (SSSR count). The number of carbonyl (C=O) groups is 1. The number of nitrogens with zero attached hydrogens (tertiary/aromatic N) is 1. The lowest BCUT2D eigenvalue weighted by atomic mass is 9.98. The van der Waals surface area contributed by atoms with E-state index in [0.717, 1.165) is 59.6 Å². The van der Waals surface area contributed by atoms with Crippen LogP contribution in [0.5, 0.6) is 17.2 Å². The number of hydrogen-bond acceptors (Lipinski definition) is 4. The maximum absolute atomic E-state index is 12.5. The molecule has 0 atom stereocenters. The van der Waals surface area contributed by atoms with Crippen LogP contribution in [0.25, 0.3) is 11.1 Å². The first-order valence-electron chi connectivity index (χ1n) is 10.8. The second kappa shape index (κ2) is 10.3. The van der Waals surface area contributed by atoms with Crippen molar-refractivity contribution in [3.05, 3.63) is 65.0 Å². The van der Waals surface area contributed by atoms with Gasteiger partial charge < -0.3 is 24.5 Å². The van der Waals surface area contributed by atoms with Crippen molar-refractivity contribution in [3.63, 3.8) is 0 Å². The van der Waals surface area contributed by atoms with Gasteiger partial charge >= 0.3 is 0 Å². The number of nitrogens with two attached hydrogens (primary N) is 1. The molecular weight excluding hydrogens is 404 g/mol. The van der Waals surface area contributed by atoms with Gasteiger partial charge in [-0.15, -0.1) is 0 Å². The number of primary amides is 1. The first-order chi connectivity index (χ1) is 15.4. The van der Waals surface area contributed by atoms with E-state index in [2.05, 4.69) is 11.5 Å². The van der Waals surface area contributed by atoms with E-state index in [-0.39, 0.29) is 0 Å². The third kappa shape index (κ3) is 4.59. The molecule has 0 saturated carbocycles. The molecule has 170 valence electrons. The molecule has 32 heavy (non-hydrogen) atoms. The number of rotatable bonds is 10. The summed E-state index contributed by atoms with van der Waals surface area (Å²) in [7, 11) is 4.91. The number of aromatic nitrogens is 1. The Morgan fingerprint density at radius 3 is 2.19 bits per heavy atom. The first-order valence-corrected chi connectivity index (χ1v) is 10.8. The van der Waals surface area contributed by atoms with Crippen molar-refractivity contribution < 1.29 is 19.0 Å². The van der Waals surface area contributed by atoms with Crippen LogP contribution in [-0.2, 0) is 19.4 Å². The maximum atomic E-state index is 12.5. The fourth-order valence-corrected chi connectivity index (χ4v) is 4.24. The van der Waals surface area contributed by atoms with Crippen LogP contribution < -0.4 is 19.9 Å². The SMILES string of the molecule is CCCc1c(-c2ccc(OC)cc2)c(C(N)=O)c(C)n1CCc1ccc(OC)c(OC)c1. The zero-order valence-corrected chi connectivity index (χ0v) is 19.5. The fraction of sp³-hybridized carbons (Fsp3) is 0.346. The van der Waals surface area contributed by atoms with Crippen molar-refractivity contribution in [2.45, 2.75) is 39.7 Å². The Bertz CT molecular complexity index is 1080. The minimum atomic E-state index is -0.407. The number of hydrogen-bond donors (Lipinski definition) is 1. The van der Waals surface area contributed by atoms with Gasteiger partial charge in [-0.2, -0.15) is 0 Å². The fourth-order valence-electron chi connectivity index (χ4n) is 4.24. The molecule has 0 unspecified atom stereocenters. The molecule has 0 aliphatic heterocycles. The van der Waals surface area contributed by atoms with Crippen LogP contribution in [0.1, 0.15) is 40.7 Å². The quantitative estimate of drug-likeness (QED) is 0.496. The Morgan fingerprint density at radius 2 is 1.62 bits per heavy atom. The van der Waals surface area contributed by atoms with E-state index >= 15 is 0 Å². The van der Waals surface area contributed by atoms with Gasteiger partial charge in [0, 0.05) is 23.5 Å². The summed E-state index contributed by atoms with van der Waals surface area (Å²) in [6.45, 7) is 4.84. The number of amides is 1. The predicted molar refractivity (Wildman–Crippen MR) is 127 cm³/mol. The van der Waals surface area contributed by atoms with Gasteiger partial charge in [0.05, 0.1) is 26.9 Å². The summed E-state index contributed by atoms with van der Waals surface area (Å²) in [4.78, 5) is 12.5. The number of carbonyl (C=O) groups excluding carboxylic acids is 1. The van der Waals surface area contributed by atoms with Gasteiger partial charge in [0.25, 0.3) is 5.91 Å². The van der Waals surface area contributed by atoms with Gasteiger partial charge in [0.2, 0.25) is 0 Å². The largest absolute Gasteiger partial charge is 0.497 e. The van der Waals surface area contributed by atoms with E-state index in [1.54, 1.807) is 21.3 Å². The molecule has 2 aromatic carbocycles. The predicted octanol–water partition coefficient (Wildman–Crippen LogP) is 4.78. The molecule has 0 saturated heterocycles. The second-order valence-corrected chi connectivity index (χ2v) is 7.72. The number of methoxy groups -OCH3 is 3. The molecule has 1 amide bonds. The zero-order valence-electron chi connectivity index (χ0n) is 19.5. The van der Waals surface area contributed by atoms with E-state index < -0.39 is 5.91 Å². The number of aryl methyl sites for hydroxylation is 1. The Hall–Kier alpha value is -3.41. The molecule has 0 bridgehead atoms. The molecule has 3 aromatic rings. The molecule has 0 radical (unpaired) electrons. The topological polar surface area (TPSA) is 75.7 Å². The van der Waals surface area contributed by atoms with Crippen LogP contribution in [0.4, 0.5) is 0 Å². The van der Waals surface area contributed by atoms with Crippen LogP contribution in [0.3, 0.4) is 0 Å². The second-order valence-electron chi connectivity index (χ2n) is 7.72.